The maximum atomic E-state index is 11.5. The molecule has 1 saturated heterocycles. The largest absolute Gasteiger partial charge is 0.337 e. The van der Waals surface area contributed by atoms with Crippen molar-refractivity contribution in [1.82, 2.24) is 19.2 Å². The second-order valence-electron chi connectivity index (χ2n) is 5.00. The molecule has 0 aliphatic carbocycles. The zero-order valence-corrected chi connectivity index (χ0v) is 11.4. The van der Waals surface area contributed by atoms with Gasteiger partial charge in [-0.2, -0.15) is 0 Å². The quantitative estimate of drug-likeness (QED) is 0.786. The predicted molar refractivity (Wildman–Crippen MR) is 77.2 cm³/mol. The molecule has 3 heterocycles. The Morgan fingerprint density at radius 2 is 2.10 bits per heavy atom. The van der Waals surface area contributed by atoms with Crippen molar-refractivity contribution in [2.75, 3.05) is 26.2 Å². The highest BCUT2D eigenvalue weighted by Crippen LogP contribution is 2.10. The van der Waals surface area contributed by atoms with E-state index in [1.54, 1.807) is 0 Å². The molecule has 2 aromatic heterocycles. The van der Waals surface area contributed by atoms with Gasteiger partial charge in [-0.25, -0.2) is 4.98 Å². The molecule has 0 atom stereocenters. The van der Waals surface area contributed by atoms with Crippen molar-refractivity contribution in [3.63, 3.8) is 0 Å². The lowest BCUT2D eigenvalue weighted by Crippen LogP contribution is -2.47. The Morgan fingerprint density at radius 1 is 1.30 bits per heavy atom. The number of aromatic nitrogens is 2. The van der Waals surface area contributed by atoms with Gasteiger partial charge in [0.1, 0.15) is 5.65 Å². The fraction of sp³-hybridized carbons (Fsp3) is 0.333. The van der Waals surface area contributed by atoms with E-state index in [2.05, 4.69) is 22.7 Å². The molecule has 0 N–H and O–H groups in total. The normalized spacial score (nSPS) is 16.5. The summed E-state index contributed by atoms with van der Waals surface area (Å²) in [5, 5.41) is 0. The summed E-state index contributed by atoms with van der Waals surface area (Å²) in [6.07, 6.45) is 5.46. The van der Waals surface area contributed by atoms with Crippen LogP contribution in [0.5, 0.6) is 0 Å². The Hall–Kier alpha value is -2.14. The number of carbonyl (C=O) groups excluding carboxylic acids is 1. The summed E-state index contributed by atoms with van der Waals surface area (Å²) in [5.41, 5.74) is 2.04. The minimum atomic E-state index is 0.0254. The van der Waals surface area contributed by atoms with Gasteiger partial charge in [-0.15, -0.1) is 0 Å². The summed E-state index contributed by atoms with van der Waals surface area (Å²) in [5.74, 6) is 0.0254. The first-order valence-corrected chi connectivity index (χ1v) is 6.82. The molecule has 1 aliphatic rings. The van der Waals surface area contributed by atoms with Gasteiger partial charge in [0.25, 0.3) is 0 Å². The van der Waals surface area contributed by atoms with Gasteiger partial charge in [-0.05, 0) is 18.2 Å². The molecule has 1 aliphatic heterocycles. The molecule has 2 aromatic rings. The van der Waals surface area contributed by atoms with Crippen molar-refractivity contribution < 1.29 is 4.79 Å². The Bertz CT molecular complexity index is 593. The molecule has 0 bridgehead atoms. The van der Waals surface area contributed by atoms with Crippen LogP contribution in [0, 0.1) is 0 Å². The molecule has 0 spiro atoms. The molecule has 1 fully saturated rings. The molecule has 3 rings (SSSR count). The van der Waals surface area contributed by atoms with Crippen LogP contribution in [0.4, 0.5) is 0 Å². The minimum absolute atomic E-state index is 0.0254. The topological polar surface area (TPSA) is 40.9 Å². The predicted octanol–water partition coefficient (Wildman–Crippen LogP) is 1.16. The Labute approximate surface area is 118 Å². The molecular formula is C15H18N4O. The van der Waals surface area contributed by atoms with E-state index in [1.807, 2.05) is 33.7 Å². The van der Waals surface area contributed by atoms with Gasteiger partial charge in [0.2, 0.25) is 5.91 Å². The van der Waals surface area contributed by atoms with E-state index in [0.29, 0.717) is 0 Å². The number of carbonyl (C=O) groups is 1. The van der Waals surface area contributed by atoms with Gasteiger partial charge in [0.15, 0.2) is 0 Å². The summed E-state index contributed by atoms with van der Waals surface area (Å²) in [6.45, 7) is 7.65. The summed E-state index contributed by atoms with van der Waals surface area (Å²) in [7, 11) is 0. The molecule has 1 amide bonds. The third-order valence-corrected chi connectivity index (χ3v) is 3.66. The standard InChI is InChI=1S/C15H18N4O/c1-2-15(20)18-9-7-17(8-10-18)11-13-12-19-6-4-3-5-14(19)16-13/h2-6,12H,1,7-11H2. The van der Waals surface area contributed by atoms with Crippen molar-refractivity contribution in [1.29, 1.82) is 0 Å². The highest BCUT2D eigenvalue weighted by Gasteiger charge is 2.19. The van der Waals surface area contributed by atoms with Gasteiger partial charge < -0.3 is 9.30 Å². The van der Waals surface area contributed by atoms with E-state index in [1.165, 1.54) is 6.08 Å². The number of nitrogens with zero attached hydrogens (tertiary/aromatic N) is 4. The minimum Gasteiger partial charge on any atom is -0.337 e. The van der Waals surface area contributed by atoms with E-state index in [4.69, 9.17) is 0 Å². The van der Waals surface area contributed by atoms with Crippen LogP contribution in [-0.2, 0) is 11.3 Å². The molecule has 20 heavy (non-hydrogen) atoms. The SMILES string of the molecule is C=CC(=O)N1CCN(Cc2cn3ccccc3n2)CC1. The summed E-state index contributed by atoms with van der Waals surface area (Å²) in [6, 6.07) is 5.99. The smallest absolute Gasteiger partial charge is 0.246 e. The van der Waals surface area contributed by atoms with Crippen molar-refractivity contribution in [2.24, 2.45) is 0 Å². The van der Waals surface area contributed by atoms with E-state index >= 15 is 0 Å². The first-order chi connectivity index (χ1) is 9.76. The Kier molecular flexibility index (Phi) is 3.52. The maximum absolute atomic E-state index is 11.5. The summed E-state index contributed by atoms with van der Waals surface area (Å²) >= 11 is 0. The van der Waals surface area contributed by atoms with Crippen LogP contribution >= 0.6 is 0 Å². The average Bonchev–Trinajstić information content (AvgIpc) is 2.89. The maximum Gasteiger partial charge on any atom is 0.246 e. The molecule has 0 radical (unpaired) electrons. The van der Waals surface area contributed by atoms with E-state index < -0.39 is 0 Å². The number of piperazine rings is 1. The summed E-state index contributed by atoms with van der Waals surface area (Å²) in [4.78, 5) is 20.3. The average molecular weight is 270 g/mol. The number of fused-ring (bicyclic) bond motifs is 1. The van der Waals surface area contributed by atoms with Gasteiger partial charge in [-0.3, -0.25) is 9.69 Å². The summed E-state index contributed by atoms with van der Waals surface area (Å²) < 4.78 is 2.03. The molecule has 0 saturated carbocycles. The third-order valence-electron chi connectivity index (χ3n) is 3.66. The number of amides is 1. The number of rotatable bonds is 3. The zero-order valence-electron chi connectivity index (χ0n) is 11.4. The van der Waals surface area contributed by atoms with Gasteiger partial charge in [-0.1, -0.05) is 12.6 Å². The second-order valence-corrected chi connectivity index (χ2v) is 5.00. The number of hydrogen-bond acceptors (Lipinski definition) is 3. The van der Waals surface area contributed by atoms with Crippen LogP contribution < -0.4 is 0 Å². The fourth-order valence-electron chi connectivity index (χ4n) is 2.55. The van der Waals surface area contributed by atoms with Crippen LogP contribution in [0.25, 0.3) is 5.65 Å². The van der Waals surface area contributed by atoms with Gasteiger partial charge in [0, 0.05) is 45.1 Å². The lowest BCUT2D eigenvalue weighted by molar-refractivity contribution is -0.127. The van der Waals surface area contributed by atoms with E-state index in [-0.39, 0.29) is 5.91 Å². The molecule has 0 unspecified atom stereocenters. The Morgan fingerprint density at radius 3 is 2.80 bits per heavy atom. The third kappa shape index (κ3) is 2.58. The lowest BCUT2D eigenvalue weighted by Gasteiger charge is -2.33. The van der Waals surface area contributed by atoms with Crippen molar-refractivity contribution in [3.05, 3.63) is 48.9 Å². The van der Waals surface area contributed by atoms with Crippen molar-refractivity contribution in [2.45, 2.75) is 6.54 Å². The Balaban J connectivity index is 1.62. The molecule has 0 aromatic carbocycles. The fourth-order valence-corrected chi connectivity index (χ4v) is 2.55. The highest BCUT2D eigenvalue weighted by atomic mass is 16.2. The lowest BCUT2D eigenvalue weighted by atomic mass is 10.3. The van der Waals surface area contributed by atoms with Gasteiger partial charge >= 0.3 is 0 Å². The number of pyridine rings is 1. The molecule has 104 valence electrons. The van der Waals surface area contributed by atoms with Crippen LogP contribution in [0.15, 0.2) is 43.2 Å². The molecular weight excluding hydrogens is 252 g/mol. The van der Waals surface area contributed by atoms with Crippen LogP contribution in [-0.4, -0.2) is 51.3 Å². The van der Waals surface area contributed by atoms with Crippen LogP contribution in [0.2, 0.25) is 0 Å². The number of hydrogen-bond donors (Lipinski definition) is 0. The van der Waals surface area contributed by atoms with Crippen LogP contribution in [0.1, 0.15) is 5.69 Å². The first-order valence-electron chi connectivity index (χ1n) is 6.82. The second kappa shape index (κ2) is 5.46. The first kappa shape index (κ1) is 12.9. The zero-order chi connectivity index (χ0) is 13.9. The van der Waals surface area contributed by atoms with E-state index in [9.17, 15) is 4.79 Å². The molecule has 5 nitrogen and oxygen atoms in total. The highest BCUT2D eigenvalue weighted by molar-refractivity contribution is 5.87. The van der Waals surface area contributed by atoms with E-state index in [0.717, 1.165) is 44.1 Å². The van der Waals surface area contributed by atoms with Crippen LogP contribution in [0.3, 0.4) is 0 Å². The van der Waals surface area contributed by atoms with Crippen molar-refractivity contribution in [3.8, 4) is 0 Å². The number of imidazole rings is 1. The van der Waals surface area contributed by atoms with Crippen molar-refractivity contribution >= 4 is 11.6 Å². The molecule has 5 heteroatoms. The van der Waals surface area contributed by atoms with Gasteiger partial charge in [0.05, 0.1) is 5.69 Å². The monoisotopic (exact) mass is 270 g/mol.